The van der Waals surface area contributed by atoms with Crippen molar-refractivity contribution in [2.45, 2.75) is 25.0 Å². The molecule has 2 aromatic rings. The first-order valence-corrected chi connectivity index (χ1v) is 8.11. The van der Waals surface area contributed by atoms with Crippen LogP contribution >= 0.6 is 34.4 Å². The Morgan fingerprint density at radius 3 is 2.55 bits per heavy atom. The van der Waals surface area contributed by atoms with E-state index in [1.165, 1.54) is 11.8 Å². The average Bonchev–Trinajstić information content (AvgIpc) is 2.81. The van der Waals surface area contributed by atoms with E-state index < -0.39 is 5.97 Å². The first kappa shape index (κ1) is 15.3. The molecule has 20 heavy (non-hydrogen) atoms. The Morgan fingerprint density at radius 1 is 1.35 bits per heavy atom. The number of carbonyl (C=O) groups is 1. The molecule has 0 aliphatic rings. The summed E-state index contributed by atoms with van der Waals surface area (Å²) in [5, 5.41) is 17.7. The molecule has 1 heterocycles. The lowest BCUT2D eigenvalue weighted by Gasteiger charge is -2.13. The number of carboxylic acids is 1. The Balaban J connectivity index is 2.38. The molecule has 0 unspecified atom stereocenters. The van der Waals surface area contributed by atoms with Gasteiger partial charge in [-0.25, -0.2) is 0 Å². The second-order valence-electron chi connectivity index (χ2n) is 4.46. The summed E-state index contributed by atoms with van der Waals surface area (Å²) in [6.07, 6.45) is 0. The normalized spacial score (nSPS) is 11.0. The van der Waals surface area contributed by atoms with Crippen molar-refractivity contribution in [3.8, 4) is 11.4 Å². The van der Waals surface area contributed by atoms with Crippen LogP contribution < -0.4 is 0 Å². The molecule has 0 spiro atoms. The number of rotatable bonds is 5. The zero-order valence-electron chi connectivity index (χ0n) is 11.1. The number of carboxylic acid groups (broad SMARTS) is 1. The van der Waals surface area contributed by atoms with Gasteiger partial charge in [-0.2, -0.15) is 0 Å². The number of hydrogen-bond acceptors (Lipinski definition) is 4. The van der Waals surface area contributed by atoms with Gasteiger partial charge in [-0.15, -0.1) is 10.2 Å². The van der Waals surface area contributed by atoms with Gasteiger partial charge in [0.05, 0.1) is 5.75 Å². The molecular formula is C13H14IN3O2S. The van der Waals surface area contributed by atoms with E-state index in [0.717, 1.165) is 15.0 Å². The fourth-order valence-electron chi connectivity index (χ4n) is 1.76. The highest BCUT2D eigenvalue weighted by Crippen LogP contribution is 2.27. The van der Waals surface area contributed by atoms with E-state index >= 15 is 0 Å². The van der Waals surface area contributed by atoms with Crippen LogP contribution in [0.5, 0.6) is 0 Å². The zero-order valence-corrected chi connectivity index (χ0v) is 14.1. The van der Waals surface area contributed by atoms with Crippen molar-refractivity contribution in [1.82, 2.24) is 14.8 Å². The molecule has 2 rings (SSSR count). The van der Waals surface area contributed by atoms with Crippen LogP contribution in [0.1, 0.15) is 19.9 Å². The van der Waals surface area contributed by atoms with E-state index in [1.54, 1.807) is 0 Å². The molecule has 1 aromatic carbocycles. The molecule has 1 aromatic heterocycles. The summed E-state index contributed by atoms with van der Waals surface area (Å²) >= 11 is 3.44. The van der Waals surface area contributed by atoms with Gasteiger partial charge in [0.25, 0.3) is 0 Å². The van der Waals surface area contributed by atoms with Crippen molar-refractivity contribution in [2.24, 2.45) is 0 Å². The predicted octanol–water partition coefficient (Wildman–Crippen LogP) is 3.31. The topological polar surface area (TPSA) is 68.0 Å². The molecule has 0 bridgehead atoms. The molecule has 0 atom stereocenters. The Bertz CT molecular complexity index is 611. The second kappa shape index (κ2) is 6.57. The summed E-state index contributed by atoms with van der Waals surface area (Å²) < 4.78 is 3.12. The number of thioether (sulfide) groups is 1. The highest BCUT2D eigenvalue weighted by Gasteiger charge is 2.17. The molecule has 0 fully saturated rings. The van der Waals surface area contributed by atoms with Gasteiger partial charge < -0.3 is 5.11 Å². The molecule has 0 aliphatic carbocycles. The van der Waals surface area contributed by atoms with E-state index in [1.807, 2.05) is 42.7 Å². The van der Waals surface area contributed by atoms with Crippen LogP contribution in [0.25, 0.3) is 11.4 Å². The summed E-state index contributed by atoms with van der Waals surface area (Å²) in [5.41, 5.74) is 0.980. The van der Waals surface area contributed by atoms with Crippen LogP contribution in [0.2, 0.25) is 0 Å². The van der Waals surface area contributed by atoms with Crippen LogP contribution in [-0.4, -0.2) is 31.6 Å². The van der Waals surface area contributed by atoms with Crippen LogP contribution in [0.15, 0.2) is 29.4 Å². The number of aliphatic carboxylic acids is 1. The van der Waals surface area contributed by atoms with Gasteiger partial charge in [0, 0.05) is 15.2 Å². The fraction of sp³-hybridized carbons (Fsp3) is 0.308. The van der Waals surface area contributed by atoms with Gasteiger partial charge in [-0.05, 0) is 48.6 Å². The van der Waals surface area contributed by atoms with Gasteiger partial charge in [-0.1, -0.05) is 23.9 Å². The maximum atomic E-state index is 10.7. The molecule has 0 amide bonds. The van der Waals surface area contributed by atoms with Crippen molar-refractivity contribution >= 4 is 40.3 Å². The van der Waals surface area contributed by atoms with Crippen molar-refractivity contribution in [2.75, 3.05) is 5.75 Å². The second-order valence-corrected chi connectivity index (χ2v) is 6.65. The third kappa shape index (κ3) is 3.51. The lowest BCUT2D eigenvalue weighted by atomic mass is 10.2. The highest BCUT2D eigenvalue weighted by atomic mass is 127. The number of aromatic nitrogens is 3. The van der Waals surface area contributed by atoms with E-state index in [-0.39, 0.29) is 11.8 Å². The smallest absolute Gasteiger partial charge is 0.313 e. The summed E-state index contributed by atoms with van der Waals surface area (Å²) in [4.78, 5) is 10.7. The Hall–Kier alpha value is -1.09. The Morgan fingerprint density at radius 2 is 2.00 bits per heavy atom. The minimum Gasteiger partial charge on any atom is -0.481 e. The summed E-state index contributed by atoms with van der Waals surface area (Å²) in [7, 11) is 0. The van der Waals surface area contributed by atoms with Gasteiger partial charge in [-0.3, -0.25) is 9.36 Å². The molecule has 0 saturated heterocycles. The van der Waals surface area contributed by atoms with Crippen molar-refractivity contribution in [1.29, 1.82) is 0 Å². The number of benzene rings is 1. The molecule has 0 aliphatic heterocycles. The summed E-state index contributed by atoms with van der Waals surface area (Å²) in [5.74, 6) is -0.106. The minimum absolute atomic E-state index is 0.0163. The van der Waals surface area contributed by atoms with Gasteiger partial charge >= 0.3 is 5.97 Å². The van der Waals surface area contributed by atoms with Crippen molar-refractivity contribution in [3.63, 3.8) is 0 Å². The Labute approximate surface area is 134 Å². The summed E-state index contributed by atoms with van der Waals surface area (Å²) in [6.45, 7) is 4.06. The van der Waals surface area contributed by atoms with Crippen LogP contribution in [-0.2, 0) is 4.79 Å². The molecule has 7 heteroatoms. The predicted molar refractivity (Wildman–Crippen MR) is 86.9 cm³/mol. The maximum absolute atomic E-state index is 10.7. The van der Waals surface area contributed by atoms with Crippen molar-refractivity contribution in [3.05, 3.63) is 27.8 Å². The average molecular weight is 403 g/mol. The largest absolute Gasteiger partial charge is 0.481 e. The zero-order chi connectivity index (χ0) is 14.7. The van der Waals surface area contributed by atoms with Crippen LogP contribution in [0.4, 0.5) is 0 Å². The van der Waals surface area contributed by atoms with Crippen LogP contribution in [0.3, 0.4) is 0 Å². The third-order valence-electron chi connectivity index (χ3n) is 2.61. The molecule has 106 valence electrons. The maximum Gasteiger partial charge on any atom is 0.313 e. The first-order chi connectivity index (χ1) is 9.49. The summed E-state index contributed by atoms with van der Waals surface area (Å²) in [6, 6.07) is 8.18. The van der Waals surface area contributed by atoms with E-state index in [9.17, 15) is 4.79 Å². The number of nitrogens with zero attached hydrogens (tertiary/aromatic N) is 3. The molecular weight excluding hydrogens is 389 g/mol. The number of halogens is 1. The van der Waals surface area contributed by atoms with Crippen molar-refractivity contribution < 1.29 is 9.90 Å². The molecule has 0 radical (unpaired) electrons. The van der Waals surface area contributed by atoms with Gasteiger partial charge in [0.15, 0.2) is 11.0 Å². The molecule has 5 nitrogen and oxygen atoms in total. The monoisotopic (exact) mass is 403 g/mol. The third-order valence-corrected chi connectivity index (χ3v) is 4.26. The first-order valence-electron chi connectivity index (χ1n) is 6.04. The fourth-order valence-corrected chi connectivity index (χ4v) is 2.91. The van der Waals surface area contributed by atoms with E-state index in [4.69, 9.17) is 5.11 Å². The lowest BCUT2D eigenvalue weighted by molar-refractivity contribution is -0.133. The van der Waals surface area contributed by atoms with Gasteiger partial charge in [0.2, 0.25) is 0 Å². The number of hydrogen-bond donors (Lipinski definition) is 1. The lowest BCUT2D eigenvalue weighted by Crippen LogP contribution is -2.07. The van der Waals surface area contributed by atoms with Crippen LogP contribution in [0, 0.1) is 3.57 Å². The SMILES string of the molecule is CC(C)n1c(SCC(=O)O)nnc1-c1ccc(I)cc1. The quantitative estimate of drug-likeness (QED) is 0.613. The highest BCUT2D eigenvalue weighted by molar-refractivity contribution is 14.1. The molecule has 0 saturated carbocycles. The Kier molecular flexibility index (Phi) is 5.03. The standard InChI is InChI=1S/C13H14IN3O2S/c1-8(2)17-12(9-3-5-10(14)6-4-9)15-16-13(17)20-7-11(18)19/h3-6,8H,7H2,1-2H3,(H,18,19). The molecule has 1 N–H and O–H groups in total. The minimum atomic E-state index is -0.857. The van der Waals surface area contributed by atoms with E-state index in [2.05, 4.69) is 32.8 Å². The van der Waals surface area contributed by atoms with E-state index in [0.29, 0.717) is 5.16 Å². The van der Waals surface area contributed by atoms with Gasteiger partial charge in [0.1, 0.15) is 0 Å².